The number of carbonyl (C=O) groups is 1. The van der Waals surface area contributed by atoms with E-state index < -0.39 is 0 Å². The molecule has 2 N–H and O–H groups in total. The zero-order valence-corrected chi connectivity index (χ0v) is 11.9. The van der Waals surface area contributed by atoms with Gasteiger partial charge in [-0.15, -0.1) is 11.3 Å². The van der Waals surface area contributed by atoms with Crippen LogP contribution in [-0.2, 0) is 0 Å². The van der Waals surface area contributed by atoms with Crippen molar-refractivity contribution in [1.82, 2.24) is 10.6 Å². The van der Waals surface area contributed by atoms with Gasteiger partial charge < -0.3 is 10.6 Å². The molecule has 92 valence electrons. The van der Waals surface area contributed by atoms with Crippen LogP contribution in [0.2, 0.25) is 0 Å². The lowest BCUT2D eigenvalue weighted by molar-refractivity contribution is 0.0954. The van der Waals surface area contributed by atoms with Gasteiger partial charge in [0.05, 0.1) is 9.35 Å². The van der Waals surface area contributed by atoms with Gasteiger partial charge in [-0.3, -0.25) is 4.79 Å². The minimum Gasteiger partial charge on any atom is -0.352 e. The summed E-state index contributed by atoms with van der Waals surface area (Å²) >= 11 is 4.88. The minimum absolute atomic E-state index is 0.0153. The highest BCUT2D eigenvalue weighted by molar-refractivity contribution is 9.11. The van der Waals surface area contributed by atoms with Crippen molar-refractivity contribution < 1.29 is 4.79 Å². The third kappa shape index (κ3) is 3.94. The SMILES string of the molecule is O=C(NCCC1=CCNCC1)c1csc(Br)c1. The zero-order valence-electron chi connectivity index (χ0n) is 9.46. The maximum Gasteiger partial charge on any atom is 0.252 e. The number of carbonyl (C=O) groups excluding carboxylic acids is 1. The molecule has 1 aliphatic rings. The number of halogens is 1. The lowest BCUT2D eigenvalue weighted by atomic mass is 10.1. The monoisotopic (exact) mass is 314 g/mol. The molecule has 0 aromatic carbocycles. The third-order valence-corrected chi connectivity index (χ3v) is 4.22. The van der Waals surface area contributed by atoms with E-state index in [2.05, 4.69) is 32.6 Å². The maximum absolute atomic E-state index is 11.7. The Morgan fingerprint density at radius 3 is 3.12 bits per heavy atom. The van der Waals surface area contributed by atoms with E-state index >= 15 is 0 Å². The average molecular weight is 315 g/mol. The Balaban J connectivity index is 1.75. The summed E-state index contributed by atoms with van der Waals surface area (Å²) in [7, 11) is 0. The van der Waals surface area contributed by atoms with Crippen LogP contribution in [0.1, 0.15) is 23.2 Å². The molecule has 5 heteroatoms. The second-order valence-corrected chi connectivity index (χ2v) is 6.25. The summed E-state index contributed by atoms with van der Waals surface area (Å²) in [6.45, 7) is 2.73. The molecule has 0 aliphatic carbocycles. The molecule has 0 unspecified atom stereocenters. The van der Waals surface area contributed by atoms with Crippen molar-refractivity contribution in [3.63, 3.8) is 0 Å². The molecule has 0 bridgehead atoms. The summed E-state index contributed by atoms with van der Waals surface area (Å²) in [4.78, 5) is 11.7. The molecule has 0 saturated carbocycles. The van der Waals surface area contributed by atoms with Gasteiger partial charge in [0.2, 0.25) is 0 Å². The van der Waals surface area contributed by atoms with Crippen molar-refractivity contribution >= 4 is 33.2 Å². The van der Waals surface area contributed by atoms with E-state index in [0.29, 0.717) is 0 Å². The standard InChI is InChI=1S/C12H15BrN2OS/c13-11-7-10(8-17-11)12(16)15-6-3-9-1-4-14-5-2-9/h1,7-8,14H,2-6H2,(H,15,16). The predicted octanol–water partition coefficient (Wildman–Crippen LogP) is 2.55. The van der Waals surface area contributed by atoms with E-state index in [-0.39, 0.29) is 5.91 Å². The normalized spacial score (nSPS) is 15.5. The van der Waals surface area contributed by atoms with Crippen molar-refractivity contribution in [3.05, 3.63) is 32.4 Å². The molecule has 0 spiro atoms. The molecule has 1 aliphatic heterocycles. The first-order valence-corrected chi connectivity index (χ1v) is 7.34. The molecule has 3 nitrogen and oxygen atoms in total. The van der Waals surface area contributed by atoms with Crippen LogP contribution in [0.15, 0.2) is 26.9 Å². The average Bonchev–Trinajstić information content (AvgIpc) is 2.77. The van der Waals surface area contributed by atoms with E-state index in [0.717, 1.165) is 41.8 Å². The molecule has 0 radical (unpaired) electrons. The summed E-state index contributed by atoms with van der Waals surface area (Å²) in [6.07, 6.45) is 4.27. The Labute approximate surface area is 113 Å². The third-order valence-electron chi connectivity index (χ3n) is 2.72. The minimum atomic E-state index is 0.0153. The van der Waals surface area contributed by atoms with Crippen LogP contribution >= 0.6 is 27.3 Å². The van der Waals surface area contributed by atoms with Gasteiger partial charge >= 0.3 is 0 Å². The highest BCUT2D eigenvalue weighted by Crippen LogP contribution is 2.20. The molecular weight excluding hydrogens is 300 g/mol. The first-order chi connectivity index (χ1) is 8.25. The van der Waals surface area contributed by atoms with Gasteiger partial charge in [-0.05, 0) is 41.4 Å². The van der Waals surface area contributed by atoms with E-state index in [1.807, 2.05) is 11.4 Å². The van der Waals surface area contributed by atoms with Crippen molar-refractivity contribution in [1.29, 1.82) is 0 Å². The fourth-order valence-corrected chi connectivity index (χ4v) is 2.90. The van der Waals surface area contributed by atoms with Gasteiger partial charge in [-0.1, -0.05) is 11.6 Å². The second kappa shape index (κ2) is 6.33. The maximum atomic E-state index is 11.7. The van der Waals surface area contributed by atoms with Gasteiger partial charge in [0.25, 0.3) is 5.91 Å². The summed E-state index contributed by atoms with van der Waals surface area (Å²) < 4.78 is 0.990. The lowest BCUT2D eigenvalue weighted by Crippen LogP contribution is -2.26. The second-order valence-electron chi connectivity index (χ2n) is 3.96. The fraction of sp³-hybridized carbons (Fsp3) is 0.417. The van der Waals surface area contributed by atoms with Gasteiger partial charge in [-0.25, -0.2) is 0 Å². The number of hydrogen-bond donors (Lipinski definition) is 2. The number of nitrogens with one attached hydrogen (secondary N) is 2. The van der Waals surface area contributed by atoms with Crippen LogP contribution in [0.4, 0.5) is 0 Å². The van der Waals surface area contributed by atoms with Gasteiger partial charge in [-0.2, -0.15) is 0 Å². The fourth-order valence-electron chi connectivity index (χ4n) is 1.76. The highest BCUT2D eigenvalue weighted by atomic mass is 79.9. The van der Waals surface area contributed by atoms with Gasteiger partial charge in [0, 0.05) is 18.5 Å². The topological polar surface area (TPSA) is 41.1 Å². The molecule has 0 fully saturated rings. The van der Waals surface area contributed by atoms with Crippen LogP contribution in [0.25, 0.3) is 0 Å². The molecule has 1 amide bonds. The molecule has 2 heterocycles. The Morgan fingerprint density at radius 1 is 1.59 bits per heavy atom. The highest BCUT2D eigenvalue weighted by Gasteiger charge is 2.08. The van der Waals surface area contributed by atoms with E-state index in [1.165, 1.54) is 16.9 Å². The molecule has 0 atom stereocenters. The first kappa shape index (κ1) is 12.8. The number of amides is 1. The van der Waals surface area contributed by atoms with Gasteiger partial charge in [0.15, 0.2) is 0 Å². The molecule has 1 aromatic heterocycles. The quantitative estimate of drug-likeness (QED) is 0.839. The lowest BCUT2D eigenvalue weighted by Gasteiger charge is -2.13. The number of rotatable bonds is 4. The molecule has 1 aromatic rings. The van der Waals surface area contributed by atoms with Crippen molar-refractivity contribution in [2.45, 2.75) is 12.8 Å². The zero-order chi connectivity index (χ0) is 12.1. The summed E-state index contributed by atoms with van der Waals surface area (Å²) in [6, 6.07) is 1.85. The Morgan fingerprint density at radius 2 is 2.47 bits per heavy atom. The molecule has 17 heavy (non-hydrogen) atoms. The molecule has 2 rings (SSSR count). The molecular formula is C12H15BrN2OS. The van der Waals surface area contributed by atoms with Crippen molar-refractivity contribution in [2.75, 3.05) is 19.6 Å². The van der Waals surface area contributed by atoms with Crippen molar-refractivity contribution in [2.24, 2.45) is 0 Å². The largest absolute Gasteiger partial charge is 0.352 e. The summed E-state index contributed by atoms with van der Waals surface area (Å²) in [5, 5.41) is 8.08. The van der Waals surface area contributed by atoms with Crippen molar-refractivity contribution in [3.8, 4) is 0 Å². The van der Waals surface area contributed by atoms with Crippen LogP contribution < -0.4 is 10.6 Å². The van der Waals surface area contributed by atoms with E-state index in [9.17, 15) is 4.79 Å². The van der Waals surface area contributed by atoms with Crippen LogP contribution in [0.5, 0.6) is 0 Å². The Bertz CT molecular complexity index is 428. The van der Waals surface area contributed by atoms with Crippen LogP contribution in [0, 0.1) is 0 Å². The number of hydrogen-bond acceptors (Lipinski definition) is 3. The Kier molecular flexibility index (Phi) is 4.76. The van der Waals surface area contributed by atoms with Gasteiger partial charge in [0.1, 0.15) is 0 Å². The molecule has 0 saturated heterocycles. The van der Waals surface area contributed by atoms with Crippen LogP contribution in [-0.4, -0.2) is 25.5 Å². The smallest absolute Gasteiger partial charge is 0.252 e. The Hall–Kier alpha value is -0.650. The predicted molar refractivity (Wildman–Crippen MR) is 74.5 cm³/mol. The van der Waals surface area contributed by atoms with E-state index in [4.69, 9.17) is 0 Å². The summed E-state index contributed by atoms with van der Waals surface area (Å²) in [5.41, 5.74) is 2.18. The number of thiophene rings is 1. The van der Waals surface area contributed by atoms with Crippen LogP contribution in [0.3, 0.4) is 0 Å². The summed E-state index contributed by atoms with van der Waals surface area (Å²) in [5.74, 6) is 0.0153. The first-order valence-electron chi connectivity index (χ1n) is 5.66. The van der Waals surface area contributed by atoms with E-state index in [1.54, 1.807) is 0 Å².